The summed E-state index contributed by atoms with van der Waals surface area (Å²) in [6.07, 6.45) is -4.50. The first-order chi connectivity index (χ1) is 7.45. The zero-order chi connectivity index (χ0) is 12.2. The quantitative estimate of drug-likeness (QED) is 0.744. The number of hydrogen-bond acceptors (Lipinski definition) is 2. The third-order valence-corrected chi connectivity index (χ3v) is 1.98. The van der Waals surface area contributed by atoms with Gasteiger partial charge in [-0.1, -0.05) is 12.1 Å². The summed E-state index contributed by atoms with van der Waals surface area (Å²) in [5.74, 6) is -0.451. The fraction of sp³-hybridized carbons (Fsp3) is 0.273. The van der Waals surface area contributed by atoms with E-state index < -0.39 is 17.5 Å². The van der Waals surface area contributed by atoms with Crippen LogP contribution in [0.5, 0.6) is 0 Å². The van der Waals surface area contributed by atoms with E-state index in [2.05, 4.69) is 0 Å². The number of nitriles is 1. The van der Waals surface area contributed by atoms with Gasteiger partial charge in [-0.05, 0) is 12.1 Å². The van der Waals surface area contributed by atoms with E-state index in [4.69, 9.17) is 5.26 Å². The Morgan fingerprint density at radius 1 is 1.38 bits per heavy atom. The summed E-state index contributed by atoms with van der Waals surface area (Å²) >= 11 is 0. The van der Waals surface area contributed by atoms with Gasteiger partial charge in [-0.3, -0.25) is 4.79 Å². The zero-order valence-electron chi connectivity index (χ0n) is 8.21. The number of rotatable bonds is 3. The van der Waals surface area contributed by atoms with Gasteiger partial charge in [0.05, 0.1) is 11.6 Å². The van der Waals surface area contributed by atoms with Crippen molar-refractivity contribution in [2.45, 2.75) is 19.0 Å². The van der Waals surface area contributed by atoms with Crippen LogP contribution in [0.2, 0.25) is 0 Å². The predicted molar refractivity (Wildman–Crippen MR) is 50.6 cm³/mol. The van der Waals surface area contributed by atoms with Crippen LogP contribution in [0.3, 0.4) is 0 Å². The first kappa shape index (κ1) is 12.2. The average molecular weight is 227 g/mol. The number of halogens is 3. The molecule has 0 aliphatic heterocycles. The zero-order valence-corrected chi connectivity index (χ0v) is 8.21. The second kappa shape index (κ2) is 4.79. The van der Waals surface area contributed by atoms with Crippen molar-refractivity contribution in [2.24, 2.45) is 0 Å². The highest BCUT2D eigenvalue weighted by Gasteiger charge is 2.30. The van der Waals surface area contributed by atoms with Crippen molar-refractivity contribution in [1.82, 2.24) is 0 Å². The van der Waals surface area contributed by atoms with Crippen molar-refractivity contribution in [1.29, 1.82) is 5.26 Å². The molecular formula is C11H8F3NO. The van der Waals surface area contributed by atoms with Crippen LogP contribution in [0.4, 0.5) is 13.2 Å². The number of carbonyl (C=O) groups is 1. The Morgan fingerprint density at radius 2 is 2.06 bits per heavy atom. The molecule has 1 rings (SSSR count). The highest BCUT2D eigenvalue weighted by Crippen LogP contribution is 2.29. The number of ketones is 1. The molecular weight excluding hydrogens is 219 g/mol. The van der Waals surface area contributed by atoms with Crippen LogP contribution < -0.4 is 0 Å². The van der Waals surface area contributed by atoms with Gasteiger partial charge in [-0.25, -0.2) is 0 Å². The van der Waals surface area contributed by atoms with Crippen LogP contribution >= 0.6 is 0 Å². The van der Waals surface area contributed by atoms with Crippen LogP contribution in [0.15, 0.2) is 24.3 Å². The van der Waals surface area contributed by atoms with Crippen LogP contribution in [-0.2, 0) is 6.18 Å². The van der Waals surface area contributed by atoms with E-state index in [-0.39, 0.29) is 18.4 Å². The smallest absolute Gasteiger partial charge is 0.294 e. The molecule has 0 N–H and O–H groups in total. The molecule has 2 nitrogen and oxygen atoms in total. The number of nitrogens with zero attached hydrogens (tertiary/aromatic N) is 1. The minimum Gasteiger partial charge on any atom is -0.294 e. The van der Waals surface area contributed by atoms with Crippen molar-refractivity contribution >= 4 is 5.78 Å². The lowest BCUT2D eigenvalue weighted by molar-refractivity contribution is -0.137. The maximum absolute atomic E-state index is 12.3. The molecule has 0 aromatic heterocycles. The fourth-order valence-electron chi connectivity index (χ4n) is 1.18. The van der Waals surface area contributed by atoms with Crippen molar-refractivity contribution in [3.05, 3.63) is 35.4 Å². The summed E-state index contributed by atoms with van der Waals surface area (Å²) < 4.78 is 37.0. The van der Waals surface area contributed by atoms with E-state index in [0.717, 1.165) is 12.1 Å². The summed E-state index contributed by atoms with van der Waals surface area (Å²) in [6, 6.07) is 5.98. The van der Waals surface area contributed by atoms with Crippen LogP contribution in [0, 0.1) is 11.3 Å². The van der Waals surface area contributed by atoms with E-state index in [0.29, 0.717) is 0 Å². The molecule has 0 spiro atoms. The molecule has 0 saturated heterocycles. The van der Waals surface area contributed by atoms with Gasteiger partial charge < -0.3 is 0 Å². The van der Waals surface area contributed by atoms with Crippen LogP contribution in [-0.4, -0.2) is 5.78 Å². The molecule has 0 amide bonds. The Labute approximate surface area is 90.3 Å². The molecule has 1 aromatic rings. The Hall–Kier alpha value is -1.83. The molecule has 0 unspecified atom stereocenters. The Bertz CT molecular complexity index is 432. The van der Waals surface area contributed by atoms with Crippen molar-refractivity contribution in [2.75, 3.05) is 0 Å². The van der Waals surface area contributed by atoms with E-state index >= 15 is 0 Å². The fourth-order valence-corrected chi connectivity index (χ4v) is 1.18. The molecule has 16 heavy (non-hydrogen) atoms. The summed E-state index contributed by atoms with van der Waals surface area (Å²) in [4.78, 5) is 11.4. The SMILES string of the molecule is N#CCCC(=O)c1cccc(C(F)(F)F)c1. The van der Waals surface area contributed by atoms with E-state index in [9.17, 15) is 18.0 Å². The number of alkyl halides is 3. The number of benzene rings is 1. The van der Waals surface area contributed by atoms with Gasteiger partial charge in [0.25, 0.3) is 0 Å². The lowest BCUT2D eigenvalue weighted by Gasteiger charge is -2.07. The lowest BCUT2D eigenvalue weighted by atomic mass is 10.0. The highest BCUT2D eigenvalue weighted by molar-refractivity contribution is 5.96. The molecule has 0 atom stereocenters. The molecule has 0 bridgehead atoms. The van der Waals surface area contributed by atoms with Gasteiger partial charge >= 0.3 is 6.18 Å². The van der Waals surface area contributed by atoms with Crippen LogP contribution in [0.25, 0.3) is 0 Å². The third-order valence-electron chi connectivity index (χ3n) is 1.98. The molecule has 0 saturated carbocycles. The summed E-state index contributed by atoms with van der Waals surface area (Å²) in [5, 5.41) is 8.26. The monoisotopic (exact) mass is 227 g/mol. The van der Waals surface area contributed by atoms with E-state index in [1.54, 1.807) is 6.07 Å². The minimum absolute atomic E-state index is 0.00901. The normalized spacial score (nSPS) is 10.9. The molecule has 5 heteroatoms. The van der Waals surface area contributed by atoms with Gasteiger partial charge in [-0.15, -0.1) is 0 Å². The van der Waals surface area contributed by atoms with Crippen molar-refractivity contribution < 1.29 is 18.0 Å². The summed E-state index contributed by atoms with van der Waals surface area (Å²) in [7, 11) is 0. The van der Waals surface area contributed by atoms with E-state index in [1.165, 1.54) is 12.1 Å². The number of carbonyl (C=O) groups excluding carboxylic acids is 1. The molecule has 1 aromatic carbocycles. The summed E-state index contributed by atoms with van der Waals surface area (Å²) in [6.45, 7) is 0. The Kier molecular flexibility index (Phi) is 3.67. The largest absolute Gasteiger partial charge is 0.416 e. The molecule has 0 aliphatic carbocycles. The van der Waals surface area contributed by atoms with Gasteiger partial charge in [0.15, 0.2) is 5.78 Å². The average Bonchev–Trinajstić information content (AvgIpc) is 2.25. The second-order valence-corrected chi connectivity index (χ2v) is 3.16. The highest BCUT2D eigenvalue weighted by atomic mass is 19.4. The Morgan fingerprint density at radius 3 is 2.62 bits per heavy atom. The maximum atomic E-state index is 12.3. The van der Waals surface area contributed by atoms with Gasteiger partial charge in [-0.2, -0.15) is 18.4 Å². The van der Waals surface area contributed by atoms with E-state index in [1.807, 2.05) is 0 Å². The second-order valence-electron chi connectivity index (χ2n) is 3.16. The molecule has 0 heterocycles. The van der Waals surface area contributed by atoms with Gasteiger partial charge in [0.1, 0.15) is 0 Å². The lowest BCUT2D eigenvalue weighted by Crippen LogP contribution is -2.07. The molecule has 0 radical (unpaired) electrons. The number of hydrogen-bond donors (Lipinski definition) is 0. The van der Waals surface area contributed by atoms with Crippen molar-refractivity contribution in [3.63, 3.8) is 0 Å². The topological polar surface area (TPSA) is 40.9 Å². The minimum atomic E-state index is -4.45. The molecule has 0 aliphatic rings. The number of Topliss-reactive ketones (excluding diaryl/α,β-unsaturated/α-hetero) is 1. The van der Waals surface area contributed by atoms with Gasteiger partial charge in [0, 0.05) is 18.4 Å². The molecule has 84 valence electrons. The van der Waals surface area contributed by atoms with Crippen LogP contribution in [0.1, 0.15) is 28.8 Å². The van der Waals surface area contributed by atoms with Crippen molar-refractivity contribution in [3.8, 4) is 6.07 Å². The summed E-state index contributed by atoms with van der Waals surface area (Å²) in [5.41, 5.74) is -0.861. The maximum Gasteiger partial charge on any atom is 0.416 e. The first-order valence-electron chi connectivity index (χ1n) is 4.52. The predicted octanol–water partition coefficient (Wildman–Crippen LogP) is 3.19. The Balaban J connectivity index is 2.91. The molecule has 0 fully saturated rings. The standard InChI is InChI=1S/C11H8F3NO/c12-11(13,14)9-4-1-3-8(7-9)10(16)5-2-6-15/h1,3-4,7H,2,5H2. The van der Waals surface area contributed by atoms with Gasteiger partial charge in [0.2, 0.25) is 0 Å². The third kappa shape index (κ3) is 3.09. The first-order valence-corrected chi connectivity index (χ1v) is 4.52.